The van der Waals surface area contributed by atoms with Crippen molar-refractivity contribution in [3.63, 3.8) is 0 Å². The largest absolute Gasteiger partial charge is 0.352 e. The van der Waals surface area contributed by atoms with Gasteiger partial charge in [-0.1, -0.05) is 26.2 Å². The van der Waals surface area contributed by atoms with E-state index in [1.807, 2.05) is 0 Å². The quantitative estimate of drug-likeness (QED) is 0.817. The van der Waals surface area contributed by atoms with Crippen molar-refractivity contribution in [2.45, 2.75) is 64.0 Å². The molecule has 2 fully saturated rings. The van der Waals surface area contributed by atoms with Crippen LogP contribution in [0.15, 0.2) is 0 Å². The van der Waals surface area contributed by atoms with Gasteiger partial charge in [0.05, 0.1) is 6.04 Å². The Kier molecular flexibility index (Phi) is 6.28. The Balaban J connectivity index is 0.00000144. The van der Waals surface area contributed by atoms with Crippen LogP contribution in [0.2, 0.25) is 0 Å². The van der Waals surface area contributed by atoms with Crippen LogP contribution in [-0.4, -0.2) is 24.5 Å². The van der Waals surface area contributed by atoms with E-state index in [-0.39, 0.29) is 24.4 Å². The van der Waals surface area contributed by atoms with E-state index in [4.69, 9.17) is 0 Å². The summed E-state index contributed by atoms with van der Waals surface area (Å²) in [6, 6.07) is 0.524. The number of nitrogens with one attached hydrogen (secondary N) is 2. The molecule has 17 heavy (non-hydrogen) atoms. The smallest absolute Gasteiger partial charge is 0.237 e. The minimum absolute atomic E-state index is 0. The molecule has 1 saturated carbocycles. The molecule has 2 unspecified atom stereocenters. The molecule has 0 spiro atoms. The Labute approximate surface area is 111 Å². The van der Waals surface area contributed by atoms with Crippen LogP contribution in [0.4, 0.5) is 0 Å². The van der Waals surface area contributed by atoms with E-state index < -0.39 is 0 Å². The summed E-state index contributed by atoms with van der Waals surface area (Å²) in [5.41, 5.74) is 0. The Bertz CT molecular complexity index is 242. The van der Waals surface area contributed by atoms with Crippen molar-refractivity contribution in [1.29, 1.82) is 0 Å². The van der Waals surface area contributed by atoms with E-state index in [1.54, 1.807) is 0 Å². The summed E-state index contributed by atoms with van der Waals surface area (Å²) in [4.78, 5) is 11.9. The summed E-state index contributed by atoms with van der Waals surface area (Å²) >= 11 is 0. The predicted molar refractivity (Wildman–Crippen MR) is 72.5 cm³/mol. The highest BCUT2D eigenvalue weighted by atomic mass is 35.5. The maximum Gasteiger partial charge on any atom is 0.237 e. The maximum absolute atomic E-state index is 11.9. The first-order chi connectivity index (χ1) is 7.79. The van der Waals surface area contributed by atoms with E-state index in [1.165, 1.54) is 32.1 Å². The van der Waals surface area contributed by atoms with E-state index >= 15 is 0 Å². The highest BCUT2D eigenvalue weighted by molar-refractivity contribution is 5.85. The monoisotopic (exact) mass is 260 g/mol. The number of carbonyl (C=O) groups is 1. The van der Waals surface area contributed by atoms with Crippen molar-refractivity contribution in [2.75, 3.05) is 6.54 Å². The molecule has 2 N–H and O–H groups in total. The summed E-state index contributed by atoms with van der Waals surface area (Å²) in [6.07, 6.45) is 8.40. The van der Waals surface area contributed by atoms with Crippen molar-refractivity contribution >= 4 is 18.3 Å². The summed E-state index contributed by atoms with van der Waals surface area (Å²) in [5, 5.41) is 6.48. The number of carbonyl (C=O) groups excluding carboxylic acids is 1. The van der Waals surface area contributed by atoms with Crippen LogP contribution >= 0.6 is 12.4 Å². The van der Waals surface area contributed by atoms with E-state index in [9.17, 15) is 4.79 Å². The van der Waals surface area contributed by atoms with E-state index in [0.717, 1.165) is 25.3 Å². The van der Waals surface area contributed by atoms with Gasteiger partial charge in [0.1, 0.15) is 0 Å². The van der Waals surface area contributed by atoms with Gasteiger partial charge in [-0.2, -0.15) is 0 Å². The Hall–Kier alpha value is -0.280. The van der Waals surface area contributed by atoms with Gasteiger partial charge in [0.15, 0.2) is 0 Å². The normalized spacial score (nSPS) is 32.9. The minimum Gasteiger partial charge on any atom is -0.352 e. The number of amides is 1. The molecule has 100 valence electrons. The van der Waals surface area contributed by atoms with E-state index in [2.05, 4.69) is 17.6 Å². The molecule has 1 heterocycles. The number of rotatable bonds is 3. The second-order valence-electron chi connectivity index (χ2n) is 5.30. The lowest BCUT2D eigenvalue weighted by Gasteiger charge is -2.29. The fraction of sp³-hybridized carbons (Fsp3) is 0.923. The van der Waals surface area contributed by atoms with Crippen molar-refractivity contribution in [3.05, 3.63) is 0 Å². The lowest BCUT2D eigenvalue weighted by molar-refractivity contribution is -0.123. The van der Waals surface area contributed by atoms with Gasteiger partial charge >= 0.3 is 0 Å². The molecule has 3 nitrogen and oxygen atoms in total. The van der Waals surface area contributed by atoms with Crippen LogP contribution in [0.3, 0.4) is 0 Å². The Morgan fingerprint density at radius 1 is 1.29 bits per heavy atom. The van der Waals surface area contributed by atoms with Gasteiger partial charge < -0.3 is 10.6 Å². The van der Waals surface area contributed by atoms with Gasteiger partial charge in [0.2, 0.25) is 5.91 Å². The van der Waals surface area contributed by atoms with Gasteiger partial charge in [-0.05, 0) is 38.1 Å². The van der Waals surface area contributed by atoms with Gasteiger partial charge in [-0.3, -0.25) is 4.79 Å². The molecule has 4 heteroatoms. The van der Waals surface area contributed by atoms with Gasteiger partial charge in [-0.15, -0.1) is 12.4 Å². The summed E-state index contributed by atoms with van der Waals surface area (Å²) < 4.78 is 0. The zero-order valence-corrected chi connectivity index (χ0v) is 11.5. The van der Waals surface area contributed by atoms with Crippen molar-refractivity contribution in [2.24, 2.45) is 5.92 Å². The molecule has 2 rings (SSSR count). The molecular weight excluding hydrogens is 236 g/mol. The Morgan fingerprint density at radius 2 is 2.12 bits per heavy atom. The summed E-state index contributed by atoms with van der Waals surface area (Å²) in [5.74, 6) is 1.06. The average molecular weight is 261 g/mol. The topological polar surface area (TPSA) is 41.1 Å². The van der Waals surface area contributed by atoms with Crippen LogP contribution in [0, 0.1) is 5.92 Å². The zero-order valence-electron chi connectivity index (χ0n) is 10.7. The van der Waals surface area contributed by atoms with E-state index in [0.29, 0.717) is 6.04 Å². The maximum atomic E-state index is 11.9. The molecule has 0 aromatic carbocycles. The second kappa shape index (κ2) is 7.22. The standard InChI is InChI=1S/C13H24N2O.ClH/c1-2-10-5-3-6-11(9-10)15-13(16)12-7-4-8-14-12;/h10-12,14H,2-9H2,1H3,(H,15,16);1H/t10?,11?,12-;/m0./s1. The molecule has 1 saturated heterocycles. The molecule has 0 bridgehead atoms. The third kappa shape index (κ3) is 4.14. The second-order valence-corrected chi connectivity index (χ2v) is 5.30. The third-order valence-corrected chi connectivity index (χ3v) is 4.08. The summed E-state index contributed by atoms with van der Waals surface area (Å²) in [7, 11) is 0. The van der Waals surface area contributed by atoms with Crippen LogP contribution in [0.5, 0.6) is 0 Å². The lowest BCUT2D eigenvalue weighted by atomic mass is 9.84. The molecule has 0 radical (unpaired) electrons. The molecule has 3 atom stereocenters. The molecule has 2 aliphatic rings. The van der Waals surface area contributed by atoms with Gasteiger partial charge in [-0.25, -0.2) is 0 Å². The molecule has 1 aliphatic heterocycles. The molecule has 0 aromatic heterocycles. The first-order valence-corrected chi connectivity index (χ1v) is 6.83. The van der Waals surface area contributed by atoms with Crippen LogP contribution in [-0.2, 0) is 4.79 Å². The number of hydrogen-bond acceptors (Lipinski definition) is 2. The number of halogens is 1. The molecule has 1 amide bonds. The van der Waals surface area contributed by atoms with Crippen molar-refractivity contribution in [3.8, 4) is 0 Å². The molecular formula is C13H25ClN2O. The van der Waals surface area contributed by atoms with Gasteiger partial charge in [0.25, 0.3) is 0 Å². The average Bonchev–Trinajstić information content (AvgIpc) is 2.83. The first kappa shape index (κ1) is 14.8. The van der Waals surface area contributed by atoms with Gasteiger partial charge in [0, 0.05) is 6.04 Å². The van der Waals surface area contributed by atoms with Crippen LogP contribution < -0.4 is 10.6 Å². The number of hydrogen-bond donors (Lipinski definition) is 2. The fourth-order valence-corrected chi connectivity index (χ4v) is 3.00. The highest BCUT2D eigenvalue weighted by Gasteiger charge is 2.26. The minimum atomic E-state index is 0. The van der Waals surface area contributed by atoms with Crippen LogP contribution in [0.25, 0.3) is 0 Å². The predicted octanol–water partition coefficient (Wildman–Crippen LogP) is 2.25. The lowest BCUT2D eigenvalue weighted by Crippen LogP contribution is -2.46. The fourth-order valence-electron chi connectivity index (χ4n) is 3.00. The van der Waals surface area contributed by atoms with Crippen molar-refractivity contribution in [1.82, 2.24) is 10.6 Å². The SMILES string of the molecule is CCC1CCCC(NC(=O)[C@@H]2CCCN2)C1.Cl. The Morgan fingerprint density at radius 3 is 2.76 bits per heavy atom. The third-order valence-electron chi connectivity index (χ3n) is 4.08. The molecule has 1 aliphatic carbocycles. The van der Waals surface area contributed by atoms with Crippen LogP contribution in [0.1, 0.15) is 51.9 Å². The molecule has 0 aromatic rings. The highest BCUT2D eigenvalue weighted by Crippen LogP contribution is 2.26. The zero-order chi connectivity index (χ0) is 11.4. The summed E-state index contributed by atoms with van der Waals surface area (Å²) in [6.45, 7) is 3.26. The first-order valence-electron chi connectivity index (χ1n) is 6.83. The van der Waals surface area contributed by atoms with Crippen molar-refractivity contribution < 1.29 is 4.79 Å².